The summed E-state index contributed by atoms with van der Waals surface area (Å²) in [6.45, 7) is 2.46. The molecule has 0 saturated heterocycles. The van der Waals surface area contributed by atoms with Crippen LogP contribution in [0.1, 0.15) is 26.7 Å². The lowest BCUT2D eigenvalue weighted by Gasteiger charge is -2.26. The first kappa shape index (κ1) is 20.7. The predicted octanol–water partition coefficient (Wildman–Crippen LogP) is 6.61. The Morgan fingerprint density at radius 2 is 1.39 bits per heavy atom. The van der Waals surface area contributed by atoms with Crippen LogP contribution < -0.4 is 0 Å². The fourth-order valence-electron chi connectivity index (χ4n) is 3.10. The van der Waals surface area contributed by atoms with Gasteiger partial charge in [0.05, 0.1) is 26.7 Å². The highest BCUT2D eigenvalue weighted by Crippen LogP contribution is 2.66. The van der Waals surface area contributed by atoms with Crippen LogP contribution in [0, 0.1) is 13.8 Å². The zero-order valence-electron chi connectivity index (χ0n) is 14.1. The van der Waals surface area contributed by atoms with Crippen molar-refractivity contribution >= 4 is 22.5 Å². The smallest absolute Gasteiger partial charge is 0.246 e. The highest BCUT2D eigenvalue weighted by Gasteiger charge is 2.80. The molecule has 1 aliphatic carbocycles. The van der Waals surface area contributed by atoms with E-state index >= 15 is 0 Å². The lowest BCUT2D eigenvalue weighted by Crippen LogP contribution is -2.49. The number of rotatable bonds is 2. The molecule has 2 aromatic rings. The zero-order chi connectivity index (χ0) is 21.3. The van der Waals surface area contributed by atoms with E-state index in [4.69, 9.17) is 0 Å². The van der Waals surface area contributed by atoms with Crippen LogP contribution in [0.2, 0.25) is 0 Å². The number of halogens is 9. The first-order chi connectivity index (χ1) is 12.6. The van der Waals surface area contributed by atoms with Gasteiger partial charge in [0.2, 0.25) is 0 Å². The molecule has 0 saturated carbocycles. The first-order valence-electron chi connectivity index (χ1n) is 7.63. The fraction of sp³-hybridized carbons (Fsp3) is 0.353. The summed E-state index contributed by atoms with van der Waals surface area (Å²) in [5, 5.41) is 0.109. The number of hydrogen-bond acceptors (Lipinski definition) is 2. The minimum absolute atomic E-state index is 0.109. The minimum Gasteiger partial charge on any atom is -0.246 e. The van der Waals surface area contributed by atoms with Gasteiger partial charge < -0.3 is 0 Å². The Balaban J connectivity index is 2.50. The third-order valence-corrected chi connectivity index (χ3v) is 5.39. The van der Waals surface area contributed by atoms with Crippen molar-refractivity contribution in [1.29, 1.82) is 0 Å². The molecule has 0 bridgehead atoms. The van der Waals surface area contributed by atoms with Crippen LogP contribution in [0.25, 0.3) is 11.1 Å². The monoisotopic (exact) mass is 431 g/mol. The number of aryl methyl sites for hydroxylation is 2. The lowest BCUT2D eigenvalue weighted by atomic mass is 9.93. The summed E-state index contributed by atoms with van der Waals surface area (Å²) in [6, 6.07) is 2.57. The van der Waals surface area contributed by atoms with Crippen LogP contribution in [0.15, 0.2) is 24.3 Å². The van der Waals surface area contributed by atoms with Crippen molar-refractivity contribution in [2.24, 2.45) is 0 Å². The van der Waals surface area contributed by atoms with Gasteiger partial charge in [-0.3, -0.25) is 0 Å². The van der Waals surface area contributed by atoms with Crippen molar-refractivity contribution in [2.75, 3.05) is 0 Å². The van der Waals surface area contributed by atoms with E-state index in [1.165, 1.54) is 6.92 Å². The molecule has 1 aliphatic rings. The average molecular weight is 431 g/mol. The van der Waals surface area contributed by atoms with Gasteiger partial charge in [-0.1, -0.05) is 18.2 Å². The normalized spacial score (nSPS) is 20.7. The molecular weight excluding hydrogens is 421 g/mol. The van der Waals surface area contributed by atoms with Crippen LogP contribution in [0.3, 0.4) is 0 Å². The van der Waals surface area contributed by atoms with E-state index in [1.54, 1.807) is 0 Å². The zero-order valence-corrected chi connectivity index (χ0v) is 14.9. The molecule has 3 rings (SSSR count). The number of nitrogens with zero attached hydrogens (tertiary/aromatic N) is 1. The van der Waals surface area contributed by atoms with E-state index in [-0.39, 0.29) is 10.7 Å². The summed E-state index contributed by atoms with van der Waals surface area (Å²) in [6.07, 6.45) is -5.23. The minimum atomic E-state index is -5.92. The van der Waals surface area contributed by atoms with Crippen molar-refractivity contribution in [1.82, 2.24) is 4.98 Å². The molecule has 0 unspecified atom stereocenters. The van der Waals surface area contributed by atoms with Gasteiger partial charge in [-0.2, -0.15) is 39.5 Å². The molecule has 28 heavy (non-hydrogen) atoms. The van der Waals surface area contributed by atoms with Gasteiger partial charge >= 0.3 is 23.9 Å². The second-order valence-electron chi connectivity index (χ2n) is 6.16. The van der Waals surface area contributed by atoms with Gasteiger partial charge in [-0.05, 0) is 25.5 Å². The second kappa shape index (κ2) is 5.98. The van der Waals surface area contributed by atoms with E-state index in [0.29, 0.717) is 23.5 Å². The Morgan fingerprint density at radius 3 is 1.89 bits per heavy atom. The Labute approximate surface area is 156 Å². The second-order valence-corrected chi connectivity index (χ2v) is 7.37. The molecule has 0 amide bonds. The van der Waals surface area contributed by atoms with Gasteiger partial charge in [0, 0.05) is 5.57 Å². The highest BCUT2D eigenvalue weighted by molar-refractivity contribution is 7.13. The van der Waals surface area contributed by atoms with Crippen LogP contribution in [-0.2, 0) is 6.18 Å². The molecule has 0 spiro atoms. The van der Waals surface area contributed by atoms with E-state index in [1.807, 2.05) is 0 Å². The quantitative estimate of drug-likeness (QED) is 0.488. The Bertz CT molecular complexity index is 969. The summed E-state index contributed by atoms with van der Waals surface area (Å²) in [4.78, 5) is 3.05. The van der Waals surface area contributed by atoms with Gasteiger partial charge in [0.1, 0.15) is 0 Å². The van der Waals surface area contributed by atoms with E-state index in [9.17, 15) is 39.5 Å². The average Bonchev–Trinajstić information content (AvgIpc) is 2.92. The third-order valence-electron chi connectivity index (χ3n) is 4.30. The van der Waals surface area contributed by atoms with Gasteiger partial charge in [0.25, 0.3) is 0 Å². The summed E-state index contributed by atoms with van der Waals surface area (Å²) >= 11 is 0.430. The number of thiazole rings is 1. The molecule has 11 heteroatoms. The SMILES string of the molecule is Cc1nc(C)c(C2=C(c3ccccc3C(F)(F)F)C(F)(F)C(F)(F)C2(F)F)s1. The van der Waals surface area contributed by atoms with Crippen molar-refractivity contribution in [3.05, 3.63) is 51.0 Å². The molecule has 1 nitrogen and oxygen atoms in total. The molecular formula is C17H10F9NS. The maximum absolute atomic E-state index is 14.5. The first-order valence-corrected chi connectivity index (χ1v) is 8.45. The Kier molecular flexibility index (Phi) is 4.42. The van der Waals surface area contributed by atoms with Crippen LogP contribution in [0.4, 0.5) is 39.5 Å². The summed E-state index contributed by atoms with van der Waals surface area (Å²) < 4.78 is 126. The van der Waals surface area contributed by atoms with Crippen molar-refractivity contribution in [2.45, 2.75) is 37.8 Å². The number of aromatic nitrogens is 1. The van der Waals surface area contributed by atoms with E-state index < -0.39 is 51.1 Å². The van der Waals surface area contributed by atoms with Crippen molar-refractivity contribution < 1.29 is 39.5 Å². The molecule has 0 atom stereocenters. The maximum atomic E-state index is 14.5. The van der Waals surface area contributed by atoms with Crippen LogP contribution in [0.5, 0.6) is 0 Å². The van der Waals surface area contributed by atoms with Gasteiger partial charge in [-0.25, -0.2) is 4.98 Å². The van der Waals surface area contributed by atoms with Crippen molar-refractivity contribution in [3.63, 3.8) is 0 Å². The molecule has 0 aliphatic heterocycles. The molecule has 1 heterocycles. The van der Waals surface area contributed by atoms with Crippen LogP contribution in [-0.4, -0.2) is 22.8 Å². The van der Waals surface area contributed by atoms with E-state index in [2.05, 4.69) is 4.98 Å². The fourth-order valence-corrected chi connectivity index (χ4v) is 4.10. The molecule has 152 valence electrons. The topological polar surface area (TPSA) is 12.9 Å². The Morgan fingerprint density at radius 1 is 0.857 bits per heavy atom. The van der Waals surface area contributed by atoms with Crippen LogP contribution >= 0.6 is 11.3 Å². The standard InChI is InChI=1S/C17H10F9NS/c1-7-13(28-8(2)27-7)12-11(14(18,19)17(25,26)15(12,20)21)9-5-3-4-6-10(9)16(22,23)24/h3-6H,1-2H3. The molecule has 1 aromatic carbocycles. The number of benzene rings is 1. The largest absolute Gasteiger partial charge is 0.416 e. The third kappa shape index (κ3) is 2.66. The highest BCUT2D eigenvalue weighted by atomic mass is 32.1. The van der Waals surface area contributed by atoms with Gasteiger partial charge in [0.15, 0.2) is 0 Å². The summed E-state index contributed by atoms with van der Waals surface area (Å²) in [7, 11) is 0. The molecule has 0 fully saturated rings. The molecule has 0 N–H and O–H groups in total. The number of alkyl halides is 9. The lowest BCUT2D eigenvalue weighted by molar-refractivity contribution is -0.254. The maximum Gasteiger partial charge on any atom is 0.416 e. The molecule has 1 aromatic heterocycles. The van der Waals surface area contributed by atoms with Gasteiger partial charge in [-0.15, -0.1) is 11.3 Å². The summed E-state index contributed by atoms with van der Waals surface area (Å²) in [5.41, 5.74) is -7.26. The summed E-state index contributed by atoms with van der Waals surface area (Å²) in [5.74, 6) is -16.9. The Hall–Kier alpha value is -2.04. The number of hydrogen-bond donors (Lipinski definition) is 0. The number of allylic oxidation sites excluding steroid dienone is 2. The molecule has 0 radical (unpaired) electrons. The van der Waals surface area contributed by atoms with E-state index in [0.717, 1.165) is 19.1 Å². The predicted molar refractivity (Wildman–Crippen MR) is 84.7 cm³/mol. The van der Waals surface area contributed by atoms with Crippen molar-refractivity contribution in [3.8, 4) is 0 Å².